The number of para-hydroxylation sites is 1. The molecule has 0 saturated carbocycles. The molecule has 5 heteroatoms. The second-order valence-electron chi connectivity index (χ2n) is 5.05. The van der Waals surface area contributed by atoms with Crippen LogP contribution in [0.3, 0.4) is 0 Å². The fourth-order valence-electron chi connectivity index (χ4n) is 2.16. The molecule has 0 unspecified atom stereocenters. The first-order valence-corrected chi connectivity index (χ1v) is 7.36. The Labute approximate surface area is 139 Å². The molecule has 3 rings (SSSR count). The number of aliphatic carboxylic acids is 1. The number of nitrogens with zero attached hydrogens (tertiary/aromatic N) is 1. The molecule has 1 aliphatic rings. The molecule has 0 radical (unpaired) electrons. The lowest BCUT2D eigenvalue weighted by Crippen LogP contribution is -2.12. The van der Waals surface area contributed by atoms with Crippen LogP contribution in [0.4, 0.5) is 0 Å². The molecule has 5 nitrogen and oxygen atoms in total. The van der Waals surface area contributed by atoms with Gasteiger partial charge in [-0.1, -0.05) is 24.3 Å². The Kier molecular flexibility index (Phi) is 4.72. The fraction of sp³-hybridized carbons (Fsp3) is 0.0526. The third-order valence-corrected chi connectivity index (χ3v) is 3.31. The number of carboxylic acid groups (broad SMARTS) is 1. The average molecular weight is 321 g/mol. The van der Waals surface area contributed by atoms with E-state index in [1.165, 1.54) is 0 Å². The van der Waals surface area contributed by atoms with Gasteiger partial charge in [-0.15, -0.1) is 0 Å². The summed E-state index contributed by atoms with van der Waals surface area (Å²) in [7, 11) is 0. The van der Waals surface area contributed by atoms with Crippen LogP contribution in [0, 0.1) is 0 Å². The summed E-state index contributed by atoms with van der Waals surface area (Å²) in [4.78, 5) is 15.4. The van der Waals surface area contributed by atoms with Gasteiger partial charge in [0.2, 0.25) is 0 Å². The zero-order chi connectivity index (χ0) is 16.8. The quantitative estimate of drug-likeness (QED) is 0.850. The van der Waals surface area contributed by atoms with E-state index in [9.17, 15) is 9.90 Å². The van der Waals surface area contributed by atoms with Crippen molar-refractivity contribution in [3.05, 3.63) is 90.2 Å². The molecule has 0 atom stereocenters. The van der Waals surface area contributed by atoms with Crippen LogP contribution in [0.1, 0.15) is 6.42 Å². The summed E-state index contributed by atoms with van der Waals surface area (Å²) in [5.74, 6) is 0.438. The number of ether oxygens (including phenoxy) is 2. The van der Waals surface area contributed by atoms with Crippen molar-refractivity contribution in [2.75, 3.05) is 0 Å². The minimum absolute atomic E-state index is 0.136. The second kappa shape index (κ2) is 7.28. The van der Waals surface area contributed by atoms with Crippen LogP contribution in [0.25, 0.3) is 0 Å². The molecule has 0 spiro atoms. The lowest BCUT2D eigenvalue weighted by molar-refractivity contribution is -0.132. The summed E-state index contributed by atoms with van der Waals surface area (Å²) in [5, 5.41) is 9.33. The highest BCUT2D eigenvalue weighted by Gasteiger charge is 2.20. The highest BCUT2D eigenvalue weighted by Crippen LogP contribution is 2.26. The summed E-state index contributed by atoms with van der Waals surface area (Å²) < 4.78 is 11.3. The van der Waals surface area contributed by atoms with Crippen molar-refractivity contribution in [2.24, 2.45) is 0 Å². The van der Waals surface area contributed by atoms with Crippen molar-refractivity contribution >= 4 is 5.97 Å². The van der Waals surface area contributed by atoms with E-state index in [0.717, 1.165) is 5.57 Å². The highest BCUT2D eigenvalue weighted by molar-refractivity contribution is 5.92. The smallest absolute Gasteiger partial charge is 0.339 e. The Bertz CT molecular complexity index is 808. The first-order valence-electron chi connectivity index (χ1n) is 7.36. The van der Waals surface area contributed by atoms with Gasteiger partial charge in [0.1, 0.15) is 17.3 Å². The molecule has 1 heterocycles. The SMILES string of the molecule is O=C(O)C1=CCC(=COc2cccnc2)C=C1Oc1ccccc1. The minimum Gasteiger partial charge on any atom is -0.478 e. The van der Waals surface area contributed by atoms with Gasteiger partial charge in [-0.05, 0) is 42.3 Å². The zero-order valence-electron chi connectivity index (χ0n) is 12.8. The number of hydrogen-bond acceptors (Lipinski definition) is 4. The number of rotatable bonds is 5. The van der Waals surface area contributed by atoms with Gasteiger partial charge in [-0.2, -0.15) is 0 Å². The Hall–Kier alpha value is -3.34. The number of hydrogen-bond donors (Lipinski definition) is 1. The summed E-state index contributed by atoms with van der Waals surface area (Å²) in [6, 6.07) is 12.6. The maximum atomic E-state index is 11.4. The fourth-order valence-corrected chi connectivity index (χ4v) is 2.16. The number of carboxylic acids is 1. The van der Waals surface area contributed by atoms with Gasteiger partial charge in [-0.3, -0.25) is 4.98 Å². The predicted octanol–water partition coefficient (Wildman–Crippen LogP) is 3.72. The van der Waals surface area contributed by atoms with Crippen LogP contribution in [-0.4, -0.2) is 16.1 Å². The van der Waals surface area contributed by atoms with Gasteiger partial charge in [0, 0.05) is 6.20 Å². The zero-order valence-corrected chi connectivity index (χ0v) is 12.8. The molecule has 1 N–H and O–H groups in total. The molecule has 1 aliphatic carbocycles. The van der Waals surface area contributed by atoms with E-state index in [-0.39, 0.29) is 11.3 Å². The first-order chi connectivity index (χ1) is 11.7. The second-order valence-corrected chi connectivity index (χ2v) is 5.05. The Balaban J connectivity index is 1.81. The van der Waals surface area contributed by atoms with Gasteiger partial charge in [0.15, 0.2) is 0 Å². The molecule has 0 aliphatic heterocycles. The molecule has 2 aromatic rings. The molecule has 0 fully saturated rings. The van der Waals surface area contributed by atoms with E-state index in [4.69, 9.17) is 9.47 Å². The normalized spacial score (nSPS) is 15.4. The van der Waals surface area contributed by atoms with Crippen LogP contribution >= 0.6 is 0 Å². The van der Waals surface area contributed by atoms with Crippen molar-refractivity contribution in [1.29, 1.82) is 0 Å². The van der Waals surface area contributed by atoms with Gasteiger partial charge >= 0.3 is 5.97 Å². The monoisotopic (exact) mass is 321 g/mol. The largest absolute Gasteiger partial charge is 0.478 e. The van der Waals surface area contributed by atoms with Crippen molar-refractivity contribution in [2.45, 2.75) is 6.42 Å². The number of benzene rings is 1. The van der Waals surface area contributed by atoms with E-state index in [1.807, 2.05) is 18.2 Å². The van der Waals surface area contributed by atoms with Crippen molar-refractivity contribution in [1.82, 2.24) is 4.98 Å². The third kappa shape index (κ3) is 3.89. The molecule has 1 aromatic carbocycles. The Morgan fingerprint density at radius 1 is 1.12 bits per heavy atom. The molecule has 0 amide bonds. The maximum absolute atomic E-state index is 11.4. The van der Waals surface area contributed by atoms with E-state index in [2.05, 4.69) is 4.98 Å². The van der Waals surface area contributed by atoms with Crippen LogP contribution in [-0.2, 0) is 4.79 Å². The van der Waals surface area contributed by atoms with Crippen molar-refractivity contribution in [3.8, 4) is 11.5 Å². The summed E-state index contributed by atoms with van der Waals surface area (Å²) in [6.07, 6.45) is 8.56. The van der Waals surface area contributed by atoms with E-state index in [0.29, 0.717) is 17.9 Å². The Morgan fingerprint density at radius 3 is 2.62 bits per heavy atom. The average Bonchev–Trinajstić information content (AvgIpc) is 2.62. The van der Waals surface area contributed by atoms with Gasteiger partial charge in [-0.25, -0.2) is 4.79 Å². The summed E-state index contributed by atoms with van der Waals surface area (Å²) in [5.41, 5.74) is 0.937. The Morgan fingerprint density at radius 2 is 1.92 bits per heavy atom. The highest BCUT2D eigenvalue weighted by atomic mass is 16.5. The minimum atomic E-state index is -1.02. The third-order valence-electron chi connectivity index (χ3n) is 3.31. The number of aromatic nitrogens is 1. The molecule has 120 valence electrons. The lowest BCUT2D eigenvalue weighted by atomic mass is 10.0. The number of allylic oxidation sites excluding steroid dienone is 3. The predicted molar refractivity (Wildman–Crippen MR) is 88.4 cm³/mol. The van der Waals surface area contributed by atoms with Crippen LogP contribution < -0.4 is 9.47 Å². The van der Waals surface area contributed by atoms with E-state index >= 15 is 0 Å². The molecular weight excluding hydrogens is 306 g/mol. The van der Waals surface area contributed by atoms with Crippen molar-refractivity contribution < 1.29 is 19.4 Å². The van der Waals surface area contributed by atoms with Crippen LogP contribution in [0.2, 0.25) is 0 Å². The lowest BCUT2D eigenvalue weighted by Gasteiger charge is -2.16. The van der Waals surface area contributed by atoms with E-state index < -0.39 is 5.97 Å². The molecule has 24 heavy (non-hydrogen) atoms. The summed E-state index contributed by atoms with van der Waals surface area (Å²) >= 11 is 0. The first kappa shape index (κ1) is 15.6. The number of carbonyl (C=O) groups is 1. The van der Waals surface area contributed by atoms with Gasteiger partial charge < -0.3 is 14.6 Å². The summed E-state index contributed by atoms with van der Waals surface area (Å²) in [6.45, 7) is 0. The van der Waals surface area contributed by atoms with Crippen LogP contribution in [0.15, 0.2) is 90.2 Å². The topological polar surface area (TPSA) is 68.7 Å². The van der Waals surface area contributed by atoms with Gasteiger partial charge in [0.05, 0.1) is 18.0 Å². The van der Waals surface area contributed by atoms with Crippen molar-refractivity contribution in [3.63, 3.8) is 0 Å². The maximum Gasteiger partial charge on any atom is 0.339 e. The van der Waals surface area contributed by atoms with Crippen LogP contribution in [0.5, 0.6) is 11.5 Å². The standard InChI is InChI=1S/C19H15NO4/c21-19(22)17-9-8-14(13-23-16-7-4-10-20-12-16)11-18(17)24-15-5-2-1-3-6-15/h1-7,9-13H,8H2,(H,21,22). The van der Waals surface area contributed by atoms with Gasteiger partial charge in [0.25, 0.3) is 0 Å². The van der Waals surface area contributed by atoms with E-state index in [1.54, 1.807) is 55.1 Å². The number of pyridine rings is 1. The molecular formula is C19H15NO4. The molecule has 1 aromatic heterocycles. The molecule has 0 saturated heterocycles. The molecule has 0 bridgehead atoms.